The van der Waals surface area contributed by atoms with E-state index >= 15 is 0 Å². The highest BCUT2D eigenvalue weighted by molar-refractivity contribution is 8.17. The molecule has 0 spiro atoms. The molecule has 5 heteroatoms. The third-order valence-corrected chi connectivity index (χ3v) is 9.80. The Morgan fingerprint density at radius 3 is 1.90 bits per heavy atom. The van der Waals surface area contributed by atoms with E-state index in [1.54, 1.807) is 12.1 Å². The van der Waals surface area contributed by atoms with Crippen molar-refractivity contribution >= 4 is 35.3 Å². The topological polar surface area (TPSA) is 43.4 Å². The molecule has 166 valence electrons. The molecule has 2 fully saturated rings. The Morgan fingerprint density at radius 1 is 0.867 bits per heavy atom. The zero-order chi connectivity index (χ0) is 21.2. The second-order valence-corrected chi connectivity index (χ2v) is 11.9. The lowest BCUT2D eigenvalue weighted by molar-refractivity contribution is -0.143. The number of ketones is 1. The molecule has 1 aromatic carbocycles. The summed E-state index contributed by atoms with van der Waals surface area (Å²) in [6, 6.07) is 9.18. The van der Waals surface area contributed by atoms with Gasteiger partial charge in [0.15, 0.2) is 5.78 Å². The molecule has 0 amide bonds. The molecule has 0 aromatic heterocycles. The second kappa shape index (κ2) is 12.8. The quantitative estimate of drug-likeness (QED) is 0.169. The van der Waals surface area contributed by atoms with Gasteiger partial charge in [0.1, 0.15) is 5.92 Å². The molecule has 0 bridgehead atoms. The summed E-state index contributed by atoms with van der Waals surface area (Å²) < 4.78 is 5.48. The van der Waals surface area contributed by atoms with Gasteiger partial charge in [-0.15, -0.1) is 23.5 Å². The molecular formula is C25H36O3S2. The van der Waals surface area contributed by atoms with Crippen LogP contribution in [-0.4, -0.2) is 33.9 Å². The first kappa shape index (κ1) is 23.7. The van der Waals surface area contributed by atoms with Crippen molar-refractivity contribution in [3.8, 4) is 0 Å². The van der Waals surface area contributed by atoms with Crippen molar-refractivity contribution in [2.24, 2.45) is 5.92 Å². The minimum absolute atomic E-state index is 0.105. The Kier molecular flexibility index (Phi) is 10.1. The second-order valence-electron chi connectivity index (χ2n) is 8.61. The van der Waals surface area contributed by atoms with Gasteiger partial charge in [0.05, 0.1) is 11.7 Å². The molecule has 30 heavy (non-hydrogen) atoms. The molecule has 1 aromatic rings. The zero-order valence-electron chi connectivity index (χ0n) is 18.2. The number of hydrogen-bond donors (Lipinski definition) is 0. The Balaban J connectivity index is 1.64. The van der Waals surface area contributed by atoms with Crippen LogP contribution in [-0.2, 0) is 9.53 Å². The van der Waals surface area contributed by atoms with E-state index in [1.165, 1.54) is 71.3 Å². The number of esters is 1. The van der Waals surface area contributed by atoms with E-state index in [0.717, 1.165) is 16.9 Å². The van der Waals surface area contributed by atoms with Gasteiger partial charge in [-0.2, -0.15) is 0 Å². The molecule has 2 aliphatic rings. The number of carbonyl (C=O) groups excluding carboxylic acids is 2. The maximum Gasteiger partial charge on any atom is 0.316 e. The van der Waals surface area contributed by atoms with Crippen molar-refractivity contribution in [2.75, 3.05) is 7.11 Å². The van der Waals surface area contributed by atoms with Gasteiger partial charge < -0.3 is 4.74 Å². The number of thioether (sulfide) groups is 2. The van der Waals surface area contributed by atoms with Gasteiger partial charge in [0, 0.05) is 16.1 Å². The van der Waals surface area contributed by atoms with Crippen LogP contribution >= 0.6 is 23.5 Å². The van der Waals surface area contributed by atoms with Gasteiger partial charge in [-0.05, 0) is 38.5 Å². The molecule has 3 nitrogen and oxygen atoms in total. The summed E-state index contributed by atoms with van der Waals surface area (Å²) in [5, 5.41) is 1.47. The predicted octanol–water partition coefficient (Wildman–Crippen LogP) is 6.90. The highest BCUT2D eigenvalue weighted by atomic mass is 32.2. The number of rotatable bonds is 10. The Morgan fingerprint density at radius 2 is 1.40 bits per heavy atom. The smallest absolute Gasteiger partial charge is 0.316 e. The van der Waals surface area contributed by atoms with Crippen LogP contribution in [0.2, 0.25) is 0 Å². The van der Waals surface area contributed by atoms with Crippen LogP contribution in [0.1, 0.15) is 87.4 Å². The van der Waals surface area contributed by atoms with Crippen molar-refractivity contribution in [2.45, 2.75) is 92.1 Å². The highest BCUT2D eigenvalue weighted by Gasteiger charge is 2.31. The summed E-state index contributed by atoms with van der Waals surface area (Å²) in [5.41, 5.74) is 0.601. The average Bonchev–Trinajstić information content (AvgIpc) is 2.80. The lowest BCUT2D eigenvalue weighted by Crippen LogP contribution is -2.27. The van der Waals surface area contributed by atoms with E-state index in [2.05, 4.69) is 23.5 Å². The van der Waals surface area contributed by atoms with E-state index in [1.807, 2.05) is 18.2 Å². The van der Waals surface area contributed by atoms with E-state index in [4.69, 9.17) is 4.74 Å². The van der Waals surface area contributed by atoms with Crippen molar-refractivity contribution in [1.82, 2.24) is 0 Å². The van der Waals surface area contributed by atoms with Gasteiger partial charge in [-0.25, -0.2) is 0 Å². The molecule has 3 rings (SSSR count). The summed E-state index contributed by atoms with van der Waals surface area (Å²) in [4.78, 5) is 25.5. The van der Waals surface area contributed by atoms with E-state index in [9.17, 15) is 9.59 Å². The average molecular weight is 449 g/mol. The Bertz CT molecular complexity index is 632. The first-order chi connectivity index (χ1) is 14.7. The number of carbonyl (C=O) groups is 2. The summed E-state index contributed by atoms with van der Waals surface area (Å²) in [6.45, 7) is 0. The van der Waals surface area contributed by atoms with Gasteiger partial charge in [0.25, 0.3) is 0 Å². The lowest BCUT2D eigenvalue weighted by Gasteiger charge is -2.30. The summed E-state index contributed by atoms with van der Waals surface area (Å²) in [6.07, 6.45) is 14.8. The Labute approximate surface area is 190 Å². The zero-order valence-corrected chi connectivity index (χ0v) is 19.9. The molecule has 1 unspecified atom stereocenters. The fourth-order valence-corrected chi connectivity index (χ4v) is 8.42. The number of ether oxygens (including phenoxy) is 1. The lowest BCUT2D eigenvalue weighted by atomic mass is 9.93. The van der Waals surface area contributed by atoms with Crippen molar-refractivity contribution in [3.63, 3.8) is 0 Å². The molecule has 2 aliphatic carbocycles. The fraction of sp³-hybridized carbons (Fsp3) is 0.680. The standard InChI is InChI=1S/C25H36O3S2/c1-28-25(27)22(24(26)19-11-5-2-6-12-19)17-18-23(29-20-13-7-3-8-14-20)30-21-15-9-4-10-16-21/h2,5-6,11-12,20-23H,3-4,7-10,13-18H2,1H3. The molecular weight excluding hydrogens is 412 g/mol. The molecule has 0 radical (unpaired) electrons. The van der Waals surface area contributed by atoms with Crippen LogP contribution in [0.4, 0.5) is 0 Å². The minimum Gasteiger partial charge on any atom is -0.468 e. The van der Waals surface area contributed by atoms with Crippen molar-refractivity contribution < 1.29 is 14.3 Å². The minimum atomic E-state index is -0.696. The largest absolute Gasteiger partial charge is 0.468 e. The number of methoxy groups -OCH3 is 1. The molecule has 1 atom stereocenters. The van der Waals surface area contributed by atoms with Gasteiger partial charge in [0.2, 0.25) is 0 Å². The summed E-state index contributed by atoms with van der Waals surface area (Å²) >= 11 is 4.26. The van der Waals surface area contributed by atoms with Crippen LogP contribution in [0.25, 0.3) is 0 Å². The Hall–Kier alpha value is -0.940. The molecule has 0 heterocycles. The first-order valence-corrected chi connectivity index (χ1v) is 13.5. The number of benzene rings is 1. The van der Waals surface area contributed by atoms with Crippen LogP contribution in [0.15, 0.2) is 30.3 Å². The normalized spacial score (nSPS) is 19.5. The van der Waals surface area contributed by atoms with Crippen molar-refractivity contribution in [1.29, 1.82) is 0 Å². The third-order valence-electron chi connectivity index (χ3n) is 6.34. The number of Topliss-reactive ketones (excluding diaryl/α,β-unsaturated/α-hetero) is 1. The monoisotopic (exact) mass is 448 g/mol. The SMILES string of the molecule is COC(=O)C(CCC(SC1CCCCC1)SC1CCCCC1)C(=O)c1ccccc1. The van der Waals surface area contributed by atoms with Crippen LogP contribution in [0, 0.1) is 5.92 Å². The molecule has 0 saturated heterocycles. The third kappa shape index (κ3) is 7.33. The van der Waals surface area contributed by atoms with Crippen LogP contribution < -0.4 is 0 Å². The maximum absolute atomic E-state index is 13.0. The predicted molar refractivity (Wildman–Crippen MR) is 128 cm³/mol. The first-order valence-electron chi connectivity index (χ1n) is 11.7. The highest BCUT2D eigenvalue weighted by Crippen LogP contribution is 2.42. The van der Waals surface area contributed by atoms with E-state index in [0.29, 0.717) is 16.6 Å². The van der Waals surface area contributed by atoms with Crippen LogP contribution in [0.3, 0.4) is 0 Å². The van der Waals surface area contributed by atoms with Crippen LogP contribution in [0.5, 0.6) is 0 Å². The van der Waals surface area contributed by atoms with Gasteiger partial charge >= 0.3 is 5.97 Å². The summed E-state index contributed by atoms with van der Waals surface area (Å²) in [7, 11) is 1.39. The molecule has 0 aliphatic heterocycles. The van der Waals surface area contributed by atoms with E-state index in [-0.39, 0.29) is 5.78 Å². The van der Waals surface area contributed by atoms with Crippen molar-refractivity contribution in [3.05, 3.63) is 35.9 Å². The fourth-order valence-electron chi connectivity index (χ4n) is 4.60. The van der Waals surface area contributed by atoms with E-state index < -0.39 is 11.9 Å². The number of hydrogen-bond acceptors (Lipinski definition) is 5. The molecule has 0 N–H and O–H groups in total. The van der Waals surface area contributed by atoms with Gasteiger partial charge in [-0.3, -0.25) is 9.59 Å². The summed E-state index contributed by atoms with van der Waals surface area (Å²) in [5.74, 6) is -1.20. The van der Waals surface area contributed by atoms with Gasteiger partial charge in [-0.1, -0.05) is 68.9 Å². The molecule has 2 saturated carbocycles. The maximum atomic E-state index is 13.0.